The number of carbonyl (C=O) groups is 2. The summed E-state index contributed by atoms with van der Waals surface area (Å²) in [5.74, 6) is -0.770. The Morgan fingerprint density at radius 2 is 1.91 bits per heavy atom. The lowest BCUT2D eigenvalue weighted by atomic mass is 9.84. The number of ether oxygens (including phenoxy) is 1. The highest BCUT2D eigenvalue weighted by molar-refractivity contribution is 5.77. The van der Waals surface area contributed by atoms with Gasteiger partial charge < -0.3 is 9.64 Å². The average molecular weight is 325 g/mol. The Morgan fingerprint density at radius 3 is 2.43 bits per heavy atom. The van der Waals surface area contributed by atoms with Crippen LogP contribution in [0.25, 0.3) is 0 Å². The van der Waals surface area contributed by atoms with Crippen LogP contribution in [-0.4, -0.2) is 43.4 Å². The van der Waals surface area contributed by atoms with Crippen molar-refractivity contribution in [3.05, 3.63) is 35.4 Å². The molecule has 4 nitrogen and oxygen atoms in total. The van der Waals surface area contributed by atoms with Crippen LogP contribution >= 0.6 is 0 Å². The predicted molar refractivity (Wildman–Crippen MR) is 81.3 cm³/mol. The summed E-state index contributed by atoms with van der Waals surface area (Å²) in [6.45, 7) is 2.36. The normalized spacial score (nSPS) is 21.3. The second kappa shape index (κ2) is 7.53. The summed E-state index contributed by atoms with van der Waals surface area (Å²) >= 11 is 0. The monoisotopic (exact) mass is 325 g/mol. The van der Waals surface area contributed by atoms with Crippen molar-refractivity contribution in [2.75, 3.05) is 20.2 Å². The lowest BCUT2D eigenvalue weighted by molar-refractivity contribution is -0.149. The molecule has 2 unspecified atom stereocenters. The van der Waals surface area contributed by atoms with Gasteiger partial charge in [0.1, 0.15) is 0 Å². The first-order valence-corrected chi connectivity index (χ1v) is 7.61. The molecular formula is C17H21F2NO3. The number of halogens is 2. The van der Waals surface area contributed by atoms with Crippen molar-refractivity contribution in [1.82, 2.24) is 4.90 Å². The van der Waals surface area contributed by atoms with Gasteiger partial charge in [0, 0.05) is 32.4 Å². The Hall–Kier alpha value is -1.98. The van der Waals surface area contributed by atoms with E-state index >= 15 is 0 Å². The van der Waals surface area contributed by atoms with E-state index in [9.17, 15) is 18.4 Å². The first-order chi connectivity index (χ1) is 10.9. The van der Waals surface area contributed by atoms with Gasteiger partial charge in [-0.1, -0.05) is 24.3 Å². The van der Waals surface area contributed by atoms with Crippen LogP contribution < -0.4 is 0 Å². The molecule has 126 valence electrons. The molecule has 0 radical (unpaired) electrons. The maximum absolute atomic E-state index is 12.4. The Balaban J connectivity index is 2.15. The number of rotatable bonds is 4. The van der Waals surface area contributed by atoms with Gasteiger partial charge in [0.25, 0.3) is 0 Å². The smallest absolute Gasteiger partial charge is 0.310 e. The van der Waals surface area contributed by atoms with Crippen LogP contribution in [0.3, 0.4) is 0 Å². The predicted octanol–water partition coefficient (Wildman–Crippen LogP) is 2.62. The zero-order valence-electron chi connectivity index (χ0n) is 13.3. The van der Waals surface area contributed by atoms with E-state index in [1.54, 1.807) is 29.2 Å². The number of nitrogens with zero attached hydrogens (tertiary/aromatic N) is 1. The third-order valence-corrected chi connectivity index (χ3v) is 4.27. The molecule has 2 atom stereocenters. The van der Waals surface area contributed by atoms with Gasteiger partial charge in [-0.3, -0.25) is 9.59 Å². The van der Waals surface area contributed by atoms with Crippen LogP contribution in [0.15, 0.2) is 24.3 Å². The molecule has 1 aliphatic rings. The van der Waals surface area contributed by atoms with E-state index in [1.165, 1.54) is 14.0 Å². The molecular weight excluding hydrogens is 304 g/mol. The Kier molecular flexibility index (Phi) is 5.69. The first kappa shape index (κ1) is 17.4. The molecule has 0 spiro atoms. The molecule has 1 aliphatic heterocycles. The van der Waals surface area contributed by atoms with Crippen LogP contribution in [0.1, 0.15) is 30.4 Å². The molecule has 1 heterocycles. The molecule has 0 bridgehead atoms. The largest absolute Gasteiger partial charge is 0.469 e. The van der Waals surface area contributed by atoms with Gasteiger partial charge in [0.15, 0.2) is 0 Å². The zero-order chi connectivity index (χ0) is 17.0. The molecule has 2 rings (SSSR count). The zero-order valence-corrected chi connectivity index (χ0v) is 13.3. The van der Waals surface area contributed by atoms with Crippen molar-refractivity contribution < 1.29 is 23.1 Å². The van der Waals surface area contributed by atoms with Crippen LogP contribution in [0, 0.1) is 5.92 Å². The summed E-state index contributed by atoms with van der Waals surface area (Å²) in [5.41, 5.74) is 1.52. The lowest BCUT2D eigenvalue weighted by Crippen LogP contribution is -2.44. The SMILES string of the molecule is COC(=O)C1CC(c2ccc(CC(F)F)cc2)CN(C(C)=O)C1. The fourth-order valence-electron chi connectivity index (χ4n) is 3.04. The van der Waals surface area contributed by atoms with Crippen molar-refractivity contribution in [2.45, 2.75) is 32.1 Å². The number of carbonyl (C=O) groups excluding carboxylic acids is 2. The van der Waals surface area contributed by atoms with Gasteiger partial charge in [-0.15, -0.1) is 0 Å². The van der Waals surface area contributed by atoms with Gasteiger partial charge >= 0.3 is 5.97 Å². The van der Waals surface area contributed by atoms with Gasteiger partial charge in [0.05, 0.1) is 13.0 Å². The third-order valence-electron chi connectivity index (χ3n) is 4.27. The number of amides is 1. The van der Waals surface area contributed by atoms with Gasteiger partial charge in [-0.25, -0.2) is 8.78 Å². The fourth-order valence-corrected chi connectivity index (χ4v) is 3.04. The number of hydrogen-bond donors (Lipinski definition) is 0. The molecule has 6 heteroatoms. The van der Waals surface area contributed by atoms with Crippen molar-refractivity contribution in [2.24, 2.45) is 5.92 Å². The van der Waals surface area contributed by atoms with E-state index < -0.39 is 6.43 Å². The molecule has 1 aromatic rings. The van der Waals surface area contributed by atoms with E-state index in [2.05, 4.69) is 0 Å². The van der Waals surface area contributed by atoms with Gasteiger partial charge in [-0.05, 0) is 17.5 Å². The molecule has 1 saturated heterocycles. The van der Waals surface area contributed by atoms with Gasteiger partial charge in [-0.2, -0.15) is 0 Å². The average Bonchev–Trinajstić information content (AvgIpc) is 2.53. The number of methoxy groups -OCH3 is 1. The molecule has 23 heavy (non-hydrogen) atoms. The molecule has 0 saturated carbocycles. The summed E-state index contributed by atoms with van der Waals surface area (Å²) in [7, 11) is 1.34. The standard InChI is InChI=1S/C17H21F2NO3/c1-11(21)20-9-14(8-15(10-20)17(22)23-2)13-5-3-12(4-6-13)7-16(18)19/h3-6,14-16H,7-10H2,1-2H3. The molecule has 0 aliphatic carbocycles. The molecule has 0 aromatic heterocycles. The molecule has 1 aromatic carbocycles. The lowest BCUT2D eigenvalue weighted by Gasteiger charge is -2.36. The maximum atomic E-state index is 12.4. The summed E-state index contributed by atoms with van der Waals surface area (Å²) in [6.07, 6.45) is -2.05. The second-order valence-electron chi connectivity index (χ2n) is 5.91. The first-order valence-electron chi connectivity index (χ1n) is 7.61. The highest BCUT2D eigenvalue weighted by Crippen LogP contribution is 2.31. The highest BCUT2D eigenvalue weighted by atomic mass is 19.3. The van der Waals surface area contributed by atoms with E-state index in [-0.39, 0.29) is 30.1 Å². The molecule has 0 N–H and O–H groups in total. The number of likely N-dealkylation sites (tertiary alicyclic amines) is 1. The minimum absolute atomic E-state index is 0.00245. The summed E-state index contributed by atoms with van der Waals surface area (Å²) in [5, 5.41) is 0. The van der Waals surface area contributed by atoms with Crippen LogP contribution in [0.4, 0.5) is 8.78 Å². The number of alkyl halides is 2. The van der Waals surface area contributed by atoms with Crippen LogP contribution in [0.5, 0.6) is 0 Å². The number of esters is 1. The summed E-state index contributed by atoms with van der Waals surface area (Å²) in [6, 6.07) is 6.98. The summed E-state index contributed by atoms with van der Waals surface area (Å²) < 4.78 is 29.6. The number of piperidine rings is 1. The number of hydrogen-bond acceptors (Lipinski definition) is 3. The van der Waals surface area contributed by atoms with E-state index in [4.69, 9.17) is 4.74 Å². The minimum atomic E-state index is -2.37. The quantitative estimate of drug-likeness (QED) is 0.800. The third kappa shape index (κ3) is 4.50. The Morgan fingerprint density at radius 1 is 1.26 bits per heavy atom. The van der Waals surface area contributed by atoms with Gasteiger partial charge in [0.2, 0.25) is 12.3 Å². The Labute approximate surface area is 134 Å². The second-order valence-corrected chi connectivity index (χ2v) is 5.91. The fraction of sp³-hybridized carbons (Fsp3) is 0.529. The van der Waals surface area contributed by atoms with Crippen molar-refractivity contribution in [1.29, 1.82) is 0 Å². The Bertz CT molecular complexity index is 559. The van der Waals surface area contributed by atoms with Crippen LogP contribution in [0.2, 0.25) is 0 Å². The van der Waals surface area contributed by atoms with Crippen molar-refractivity contribution in [3.8, 4) is 0 Å². The van der Waals surface area contributed by atoms with Crippen LogP contribution in [-0.2, 0) is 20.7 Å². The highest BCUT2D eigenvalue weighted by Gasteiger charge is 2.34. The van der Waals surface area contributed by atoms with E-state index in [0.717, 1.165) is 5.56 Å². The molecule has 1 amide bonds. The maximum Gasteiger partial charge on any atom is 0.310 e. The molecule has 1 fully saturated rings. The topological polar surface area (TPSA) is 46.6 Å². The summed E-state index contributed by atoms with van der Waals surface area (Å²) in [4.78, 5) is 25.2. The van der Waals surface area contributed by atoms with E-state index in [1.807, 2.05) is 0 Å². The van der Waals surface area contributed by atoms with Crippen molar-refractivity contribution in [3.63, 3.8) is 0 Å². The minimum Gasteiger partial charge on any atom is -0.469 e. The number of benzene rings is 1. The van der Waals surface area contributed by atoms with Crippen molar-refractivity contribution >= 4 is 11.9 Å². The van der Waals surface area contributed by atoms with E-state index in [0.29, 0.717) is 25.1 Å².